The van der Waals surface area contributed by atoms with Crippen LogP contribution in [0.3, 0.4) is 0 Å². The number of hydrogen-bond donors (Lipinski definition) is 1. The summed E-state index contributed by atoms with van der Waals surface area (Å²) in [5.74, 6) is -0.806. The summed E-state index contributed by atoms with van der Waals surface area (Å²) in [6, 6.07) is 13.8. The molecule has 1 aliphatic heterocycles. The summed E-state index contributed by atoms with van der Waals surface area (Å²) in [5, 5.41) is 9.97. The van der Waals surface area contributed by atoms with E-state index in [1.807, 2.05) is 30.3 Å². The number of rotatable bonds is 3. The molecular weight excluding hydrogens is 307 g/mol. The molecule has 120 valence electrons. The van der Waals surface area contributed by atoms with Gasteiger partial charge < -0.3 is 10.0 Å². The second kappa shape index (κ2) is 5.60. The molecule has 0 atom stereocenters. The molecule has 0 aliphatic carbocycles. The lowest BCUT2D eigenvalue weighted by Gasteiger charge is -2.41. The second-order valence-corrected chi connectivity index (χ2v) is 6.02. The third kappa shape index (κ3) is 2.48. The van der Waals surface area contributed by atoms with Crippen LogP contribution in [0.15, 0.2) is 54.7 Å². The zero-order chi connectivity index (χ0) is 16.7. The quantitative estimate of drug-likeness (QED) is 0.799. The molecule has 4 rings (SSSR count). The van der Waals surface area contributed by atoms with Crippen molar-refractivity contribution in [1.82, 2.24) is 4.98 Å². The lowest BCUT2D eigenvalue weighted by atomic mass is 9.90. The van der Waals surface area contributed by atoms with Gasteiger partial charge in [0.25, 0.3) is 0 Å². The molecule has 24 heavy (non-hydrogen) atoms. The summed E-state index contributed by atoms with van der Waals surface area (Å²) in [4.78, 5) is 17.8. The molecule has 2 aromatic carbocycles. The largest absolute Gasteiger partial charge is 0.478 e. The smallest absolute Gasteiger partial charge is 0.336 e. The highest BCUT2D eigenvalue weighted by Crippen LogP contribution is 2.33. The van der Waals surface area contributed by atoms with Gasteiger partial charge in [-0.3, -0.25) is 4.98 Å². The van der Waals surface area contributed by atoms with Crippen LogP contribution in [0.4, 0.5) is 10.1 Å². The topological polar surface area (TPSA) is 53.4 Å². The van der Waals surface area contributed by atoms with Gasteiger partial charge in [0.2, 0.25) is 0 Å². The molecular formula is C19H15FN2O2. The molecule has 1 saturated heterocycles. The van der Waals surface area contributed by atoms with Crippen molar-refractivity contribution in [2.75, 3.05) is 18.0 Å². The van der Waals surface area contributed by atoms with Gasteiger partial charge in [0, 0.05) is 36.3 Å². The van der Waals surface area contributed by atoms with Gasteiger partial charge in [-0.15, -0.1) is 0 Å². The van der Waals surface area contributed by atoms with E-state index in [1.54, 1.807) is 0 Å². The van der Waals surface area contributed by atoms with E-state index in [2.05, 4.69) is 9.88 Å². The minimum atomic E-state index is -0.952. The fourth-order valence-electron chi connectivity index (χ4n) is 3.15. The Morgan fingerprint density at radius 3 is 2.58 bits per heavy atom. The number of aromatic nitrogens is 1. The second-order valence-electron chi connectivity index (χ2n) is 6.02. The lowest BCUT2D eigenvalue weighted by molar-refractivity contribution is 0.0699. The molecule has 1 fully saturated rings. The van der Waals surface area contributed by atoms with E-state index in [-0.39, 0.29) is 11.4 Å². The van der Waals surface area contributed by atoms with E-state index in [0.717, 1.165) is 24.3 Å². The maximum Gasteiger partial charge on any atom is 0.336 e. The molecule has 1 N–H and O–H groups in total. The molecule has 4 nitrogen and oxygen atoms in total. The van der Waals surface area contributed by atoms with Crippen LogP contribution >= 0.6 is 0 Å². The van der Waals surface area contributed by atoms with Crippen molar-refractivity contribution in [2.24, 2.45) is 0 Å². The maximum absolute atomic E-state index is 13.0. The van der Waals surface area contributed by atoms with Crippen LogP contribution in [0, 0.1) is 5.82 Å². The number of halogens is 1. The standard InChI is InChI=1S/C19H15FN2O2/c20-14-3-1-12(2-4-14)13-10-22(11-13)15-5-6-18-17(9-15)16(19(23)24)7-8-21-18/h1-9,13H,10-11H2,(H,23,24). The molecule has 0 unspecified atom stereocenters. The highest BCUT2D eigenvalue weighted by atomic mass is 19.1. The minimum absolute atomic E-state index is 0.224. The van der Waals surface area contributed by atoms with Gasteiger partial charge in [0.1, 0.15) is 5.82 Å². The number of carbonyl (C=O) groups is 1. The number of carboxylic acid groups (broad SMARTS) is 1. The first-order chi connectivity index (χ1) is 11.6. The Kier molecular flexibility index (Phi) is 3.41. The first-order valence-electron chi connectivity index (χ1n) is 7.74. The number of pyridine rings is 1. The summed E-state index contributed by atoms with van der Waals surface area (Å²) in [6.45, 7) is 1.67. The zero-order valence-corrected chi connectivity index (χ0v) is 12.8. The van der Waals surface area contributed by atoms with E-state index in [4.69, 9.17) is 0 Å². The van der Waals surface area contributed by atoms with Crippen LogP contribution in [-0.4, -0.2) is 29.1 Å². The Morgan fingerprint density at radius 1 is 1.12 bits per heavy atom. The van der Waals surface area contributed by atoms with Crippen LogP contribution in [0.25, 0.3) is 10.9 Å². The summed E-state index contributed by atoms with van der Waals surface area (Å²) in [7, 11) is 0. The van der Waals surface area contributed by atoms with Crippen LogP contribution in [-0.2, 0) is 0 Å². The normalized spacial score (nSPS) is 14.6. The molecule has 0 radical (unpaired) electrons. The van der Waals surface area contributed by atoms with Crippen LogP contribution in [0.2, 0.25) is 0 Å². The minimum Gasteiger partial charge on any atom is -0.478 e. The number of benzene rings is 2. The number of carboxylic acids is 1. The predicted octanol–water partition coefficient (Wildman–Crippen LogP) is 3.68. The monoisotopic (exact) mass is 322 g/mol. The fraction of sp³-hybridized carbons (Fsp3) is 0.158. The van der Waals surface area contributed by atoms with Gasteiger partial charge in [0.15, 0.2) is 0 Å². The summed E-state index contributed by atoms with van der Waals surface area (Å²) in [5.41, 5.74) is 3.05. The molecule has 5 heteroatoms. The highest BCUT2D eigenvalue weighted by Gasteiger charge is 2.28. The lowest BCUT2D eigenvalue weighted by Crippen LogP contribution is -2.45. The average Bonchev–Trinajstić information content (AvgIpc) is 2.54. The molecule has 1 aliphatic rings. The van der Waals surface area contributed by atoms with Crippen LogP contribution in [0.1, 0.15) is 21.8 Å². The van der Waals surface area contributed by atoms with Crippen molar-refractivity contribution in [3.05, 3.63) is 71.7 Å². The highest BCUT2D eigenvalue weighted by molar-refractivity contribution is 6.03. The fourth-order valence-corrected chi connectivity index (χ4v) is 3.15. The SMILES string of the molecule is O=C(O)c1ccnc2ccc(N3CC(c4ccc(F)cc4)C3)cc12. The van der Waals surface area contributed by atoms with E-state index in [9.17, 15) is 14.3 Å². The van der Waals surface area contributed by atoms with E-state index in [1.165, 1.54) is 24.4 Å². The van der Waals surface area contributed by atoms with Crippen LogP contribution < -0.4 is 4.90 Å². The summed E-state index contributed by atoms with van der Waals surface area (Å²) < 4.78 is 13.0. The Bertz CT molecular complexity index is 918. The predicted molar refractivity (Wildman–Crippen MR) is 90.1 cm³/mol. The van der Waals surface area contributed by atoms with Crippen molar-refractivity contribution in [3.63, 3.8) is 0 Å². The van der Waals surface area contributed by atoms with Gasteiger partial charge >= 0.3 is 5.97 Å². The molecule has 0 bridgehead atoms. The first-order valence-corrected chi connectivity index (χ1v) is 7.74. The Morgan fingerprint density at radius 2 is 1.88 bits per heavy atom. The van der Waals surface area contributed by atoms with E-state index < -0.39 is 5.97 Å². The molecule has 0 saturated carbocycles. The number of nitrogens with zero attached hydrogens (tertiary/aromatic N) is 2. The van der Waals surface area contributed by atoms with Gasteiger partial charge in [-0.2, -0.15) is 0 Å². The summed E-state index contributed by atoms with van der Waals surface area (Å²) in [6.07, 6.45) is 1.51. The van der Waals surface area contributed by atoms with Gasteiger partial charge in [0.05, 0.1) is 11.1 Å². The third-order valence-corrected chi connectivity index (χ3v) is 4.54. The zero-order valence-electron chi connectivity index (χ0n) is 12.8. The van der Waals surface area contributed by atoms with Crippen molar-refractivity contribution >= 4 is 22.6 Å². The Balaban J connectivity index is 1.59. The Hall–Kier alpha value is -2.95. The first kappa shape index (κ1) is 14.6. The maximum atomic E-state index is 13.0. The van der Waals surface area contributed by atoms with Crippen molar-refractivity contribution in [2.45, 2.75) is 5.92 Å². The number of anilines is 1. The van der Waals surface area contributed by atoms with Crippen molar-refractivity contribution in [3.8, 4) is 0 Å². The number of fused-ring (bicyclic) bond motifs is 1. The molecule has 3 aromatic rings. The van der Waals surface area contributed by atoms with E-state index >= 15 is 0 Å². The van der Waals surface area contributed by atoms with Gasteiger partial charge in [-0.25, -0.2) is 9.18 Å². The molecule has 1 aromatic heterocycles. The molecule has 0 amide bonds. The van der Waals surface area contributed by atoms with Gasteiger partial charge in [-0.1, -0.05) is 12.1 Å². The van der Waals surface area contributed by atoms with Crippen molar-refractivity contribution in [1.29, 1.82) is 0 Å². The van der Waals surface area contributed by atoms with Crippen LogP contribution in [0.5, 0.6) is 0 Å². The van der Waals surface area contributed by atoms with Crippen molar-refractivity contribution < 1.29 is 14.3 Å². The number of hydrogen-bond acceptors (Lipinski definition) is 3. The number of aromatic carboxylic acids is 1. The average molecular weight is 322 g/mol. The van der Waals surface area contributed by atoms with E-state index in [0.29, 0.717) is 16.8 Å². The molecule has 0 spiro atoms. The Labute approximate surface area is 138 Å². The third-order valence-electron chi connectivity index (χ3n) is 4.54. The van der Waals surface area contributed by atoms with Gasteiger partial charge in [-0.05, 0) is 42.0 Å². The summed E-state index contributed by atoms with van der Waals surface area (Å²) >= 11 is 0. The molecule has 2 heterocycles.